The van der Waals surface area contributed by atoms with E-state index >= 15 is 0 Å². The van der Waals surface area contributed by atoms with Crippen molar-refractivity contribution in [3.63, 3.8) is 0 Å². The predicted octanol–water partition coefficient (Wildman–Crippen LogP) is 1.20. The van der Waals surface area contributed by atoms with E-state index in [1.54, 1.807) is 0 Å². The Bertz CT molecular complexity index is 191. The highest BCUT2D eigenvalue weighted by atomic mass is 16.4. The summed E-state index contributed by atoms with van der Waals surface area (Å²) in [6.45, 7) is 1.08. The van der Waals surface area contributed by atoms with E-state index in [4.69, 9.17) is 20.1 Å². The molecule has 0 aliphatic heterocycles. The Labute approximate surface area is 87.5 Å². The number of carbonyl (C=O) groups is 3. The molecule has 88 valence electrons. The number of carboxylic acid groups (broad SMARTS) is 3. The molecule has 0 rings (SSSR count). The first-order valence-corrected chi connectivity index (χ1v) is 4.49. The molecular formula is C9H16O6. The van der Waals surface area contributed by atoms with E-state index in [9.17, 15) is 9.59 Å². The Hall–Kier alpha value is -1.59. The number of unbranched alkanes of at least 4 members (excludes halogenated alkanes) is 2. The standard InChI is InChI=1S/C7H12O4.C2H4O2/c8-6(9)4-2-1-3-5-7(10)11;1-2(3)4/h1-5H2,(H,8,9)(H,10,11);1H3,(H,3,4). The summed E-state index contributed by atoms with van der Waals surface area (Å²) in [5.41, 5.74) is 0. The molecule has 0 saturated heterocycles. The molecule has 0 unspecified atom stereocenters. The summed E-state index contributed by atoms with van der Waals surface area (Å²) in [6.07, 6.45) is 2.10. The van der Waals surface area contributed by atoms with Gasteiger partial charge in [-0.3, -0.25) is 14.4 Å². The second kappa shape index (κ2) is 10.5. The molecule has 0 aliphatic rings. The van der Waals surface area contributed by atoms with Gasteiger partial charge in [0, 0.05) is 19.8 Å². The van der Waals surface area contributed by atoms with Gasteiger partial charge in [-0.2, -0.15) is 0 Å². The molecule has 0 spiro atoms. The van der Waals surface area contributed by atoms with Gasteiger partial charge in [0.1, 0.15) is 0 Å². The Morgan fingerprint density at radius 2 is 1.07 bits per heavy atom. The number of hydrogen-bond donors (Lipinski definition) is 3. The Kier molecular flexibility index (Phi) is 11.1. The van der Waals surface area contributed by atoms with E-state index in [-0.39, 0.29) is 12.8 Å². The molecule has 0 aromatic carbocycles. The zero-order valence-corrected chi connectivity index (χ0v) is 8.60. The lowest BCUT2D eigenvalue weighted by Gasteiger charge is -1.94. The van der Waals surface area contributed by atoms with Crippen molar-refractivity contribution in [1.29, 1.82) is 0 Å². The number of carboxylic acids is 3. The van der Waals surface area contributed by atoms with Gasteiger partial charge in [0.25, 0.3) is 5.97 Å². The summed E-state index contributed by atoms with van der Waals surface area (Å²) >= 11 is 0. The van der Waals surface area contributed by atoms with E-state index in [1.807, 2.05) is 0 Å². The minimum atomic E-state index is -0.833. The molecule has 0 heterocycles. The Morgan fingerprint density at radius 1 is 0.800 bits per heavy atom. The van der Waals surface area contributed by atoms with Gasteiger partial charge in [0.15, 0.2) is 0 Å². The van der Waals surface area contributed by atoms with Gasteiger partial charge in [-0.15, -0.1) is 0 Å². The van der Waals surface area contributed by atoms with Crippen LogP contribution in [0.4, 0.5) is 0 Å². The van der Waals surface area contributed by atoms with E-state index < -0.39 is 17.9 Å². The Balaban J connectivity index is 0. The molecule has 0 radical (unpaired) electrons. The average molecular weight is 220 g/mol. The zero-order chi connectivity index (χ0) is 12.3. The first-order valence-electron chi connectivity index (χ1n) is 4.49. The van der Waals surface area contributed by atoms with Crippen LogP contribution in [-0.4, -0.2) is 33.2 Å². The van der Waals surface area contributed by atoms with Crippen molar-refractivity contribution in [2.45, 2.75) is 39.0 Å². The van der Waals surface area contributed by atoms with E-state index in [0.717, 1.165) is 6.92 Å². The van der Waals surface area contributed by atoms with Crippen LogP contribution >= 0.6 is 0 Å². The molecule has 0 atom stereocenters. The zero-order valence-electron chi connectivity index (χ0n) is 8.60. The van der Waals surface area contributed by atoms with Crippen LogP contribution < -0.4 is 0 Å². The van der Waals surface area contributed by atoms with Gasteiger partial charge in [-0.05, 0) is 12.8 Å². The smallest absolute Gasteiger partial charge is 0.303 e. The van der Waals surface area contributed by atoms with Crippen molar-refractivity contribution in [1.82, 2.24) is 0 Å². The lowest BCUT2D eigenvalue weighted by atomic mass is 10.1. The minimum absolute atomic E-state index is 0.139. The highest BCUT2D eigenvalue weighted by Crippen LogP contribution is 2.02. The fourth-order valence-corrected chi connectivity index (χ4v) is 0.729. The van der Waals surface area contributed by atoms with Gasteiger partial charge >= 0.3 is 11.9 Å². The summed E-state index contributed by atoms with van der Waals surface area (Å²) in [6, 6.07) is 0. The molecule has 6 nitrogen and oxygen atoms in total. The maximum atomic E-state index is 9.98. The molecule has 15 heavy (non-hydrogen) atoms. The van der Waals surface area contributed by atoms with Crippen LogP contribution in [0, 0.1) is 0 Å². The molecular weight excluding hydrogens is 204 g/mol. The second-order valence-electron chi connectivity index (χ2n) is 2.87. The average Bonchev–Trinajstić information content (AvgIpc) is 2.01. The maximum absolute atomic E-state index is 9.98. The van der Waals surface area contributed by atoms with Crippen LogP contribution in [0.1, 0.15) is 39.0 Å². The molecule has 0 aromatic rings. The van der Waals surface area contributed by atoms with Crippen LogP contribution in [0.25, 0.3) is 0 Å². The van der Waals surface area contributed by atoms with E-state index in [1.165, 1.54) is 0 Å². The summed E-state index contributed by atoms with van der Waals surface area (Å²) in [4.78, 5) is 29.0. The molecule has 3 N–H and O–H groups in total. The first kappa shape index (κ1) is 15.9. The van der Waals surface area contributed by atoms with E-state index in [0.29, 0.717) is 19.3 Å². The Morgan fingerprint density at radius 3 is 1.27 bits per heavy atom. The maximum Gasteiger partial charge on any atom is 0.303 e. The van der Waals surface area contributed by atoms with Crippen LogP contribution in [0.3, 0.4) is 0 Å². The van der Waals surface area contributed by atoms with Gasteiger partial charge in [-0.1, -0.05) is 6.42 Å². The van der Waals surface area contributed by atoms with Crippen LogP contribution in [0.2, 0.25) is 0 Å². The SMILES string of the molecule is CC(=O)O.O=C(O)CCCCCC(=O)O. The lowest BCUT2D eigenvalue weighted by Crippen LogP contribution is -1.96. The van der Waals surface area contributed by atoms with Crippen molar-refractivity contribution in [2.75, 3.05) is 0 Å². The largest absolute Gasteiger partial charge is 0.481 e. The van der Waals surface area contributed by atoms with E-state index in [2.05, 4.69) is 0 Å². The summed E-state index contributed by atoms with van der Waals surface area (Å²) in [7, 11) is 0. The van der Waals surface area contributed by atoms with Crippen molar-refractivity contribution in [3.8, 4) is 0 Å². The quantitative estimate of drug-likeness (QED) is 0.580. The topological polar surface area (TPSA) is 112 Å². The van der Waals surface area contributed by atoms with Crippen molar-refractivity contribution in [2.24, 2.45) is 0 Å². The fraction of sp³-hybridized carbons (Fsp3) is 0.667. The highest BCUT2D eigenvalue weighted by molar-refractivity contribution is 5.67. The van der Waals surface area contributed by atoms with Crippen LogP contribution in [0.5, 0.6) is 0 Å². The van der Waals surface area contributed by atoms with Crippen LogP contribution in [0.15, 0.2) is 0 Å². The van der Waals surface area contributed by atoms with Crippen molar-refractivity contribution < 1.29 is 29.7 Å². The van der Waals surface area contributed by atoms with Gasteiger partial charge in [0.2, 0.25) is 0 Å². The molecule has 0 fully saturated rings. The highest BCUT2D eigenvalue weighted by Gasteiger charge is 1.98. The minimum Gasteiger partial charge on any atom is -0.481 e. The predicted molar refractivity (Wildman–Crippen MR) is 51.7 cm³/mol. The third kappa shape index (κ3) is 32.7. The molecule has 0 aliphatic carbocycles. The van der Waals surface area contributed by atoms with Gasteiger partial charge in [0.05, 0.1) is 0 Å². The molecule has 0 bridgehead atoms. The molecule has 6 heteroatoms. The fourth-order valence-electron chi connectivity index (χ4n) is 0.729. The van der Waals surface area contributed by atoms with Crippen LogP contribution in [-0.2, 0) is 14.4 Å². The van der Waals surface area contributed by atoms with Gasteiger partial charge < -0.3 is 15.3 Å². The molecule has 0 amide bonds. The monoisotopic (exact) mass is 220 g/mol. The van der Waals surface area contributed by atoms with Crippen molar-refractivity contribution >= 4 is 17.9 Å². The summed E-state index contributed by atoms with van der Waals surface area (Å²) in [5, 5.41) is 23.8. The third-order valence-electron chi connectivity index (χ3n) is 1.28. The number of aliphatic carboxylic acids is 3. The molecule has 0 aromatic heterocycles. The second-order valence-corrected chi connectivity index (χ2v) is 2.87. The number of hydrogen-bond acceptors (Lipinski definition) is 3. The molecule has 0 saturated carbocycles. The normalized spacial score (nSPS) is 8.60. The first-order chi connectivity index (χ1) is 6.86. The number of rotatable bonds is 6. The summed E-state index contributed by atoms with van der Waals surface area (Å²) in [5.74, 6) is -2.47. The summed E-state index contributed by atoms with van der Waals surface area (Å²) < 4.78 is 0. The van der Waals surface area contributed by atoms with Gasteiger partial charge in [-0.25, -0.2) is 0 Å². The third-order valence-corrected chi connectivity index (χ3v) is 1.28. The van der Waals surface area contributed by atoms with Crippen molar-refractivity contribution in [3.05, 3.63) is 0 Å². The lowest BCUT2D eigenvalue weighted by molar-refractivity contribution is -0.137.